The van der Waals surface area contributed by atoms with E-state index in [4.69, 9.17) is 39.2 Å². The number of aryl methyl sites for hydroxylation is 1. The maximum absolute atomic E-state index is 12.5. The van der Waals surface area contributed by atoms with Gasteiger partial charge in [0.25, 0.3) is 0 Å². The summed E-state index contributed by atoms with van der Waals surface area (Å²) < 4.78 is 5.44. The van der Waals surface area contributed by atoms with Gasteiger partial charge in [-0.25, -0.2) is 0 Å². The van der Waals surface area contributed by atoms with Crippen molar-refractivity contribution in [2.45, 2.75) is 6.92 Å². The van der Waals surface area contributed by atoms with Gasteiger partial charge in [0.05, 0.1) is 26.7 Å². The Balaban J connectivity index is 1.86. The standard InChI is InChI=1S/C19H12Cl3NO3/c1-10-2-4-16-13(6-10)19(25)11(9-26-16)3-5-17(24)23-18-14(21)7-12(20)8-15(18)22/h2-9H,1H3,(H,23,24)/b5-3+. The Morgan fingerprint density at radius 1 is 1.12 bits per heavy atom. The van der Waals surface area contributed by atoms with Crippen LogP contribution in [0.3, 0.4) is 0 Å². The average Bonchev–Trinajstić information content (AvgIpc) is 2.58. The fourth-order valence-electron chi connectivity index (χ4n) is 2.37. The molecule has 4 nitrogen and oxygen atoms in total. The smallest absolute Gasteiger partial charge is 0.248 e. The quantitative estimate of drug-likeness (QED) is 0.564. The van der Waals surface area contributed by atoms with E-state index < -0.39 is 5.91 Å². The highest BCUT2D eigenvalue weighted by molar-refractivity contribution is 6.42. The minimum Gasteiger partial charge on any atom is -0.463 e. The van der Waals surface area contributed by atoms with Gasteiger partial charge in [-0.1, -0.05) is 46.4 Å². The average molecular weight is 409 g/mol. The number of benzene rings is 2. The van der Waals surface area contributed by atoms with E-state index in [1.165, 1.54) is 30.5 Å². The van der Waals surface area contributed by atoms with Gasteiger partial charge in [0.15, 0.2) is 5.43 Å². The van der Waals surface area contributed by atoms with E-state index in [1.54, 1.807) is 12.1 Å². The number of carbonyl (C=O) groups excluding carboxylic acids is 1. The lowest BCUT2D eigenvalue weighted by Gasteiger charge is -2.08. The molecule has 0 bridgehead atoms. The summed E-state index contributed by atoms with van der Waals surface area (Å²) in [5, 5.41) is 3.80. The summed E-state index contributed by atoms with van der Waals surface area (Å²) in [7, 11) is 0. The number of anilines is 1. The minimum absolute atomic E-state index is 0.213. The summed E-state index contributed by atoms with van der Waals surface area (Å²) in [6.45, 7) is 1.88. The topological polar surface area (TPSA) is 59.3 Å². The van der Waals surface area contributed by atoms with E-state index in [-0.39, 0.29) is 26.7 Å². The third kappa shape index (κ3) is 3.93. The van der Waals surface area contributed by atoms with Crippen LogP contribution in [0, 0.1) is 6.92 Å². The zero-order valence-electron chi connectivity index (χ0n) is 13.5. The van der Waals surface area contributed by atoms with Crippen LogP contribution in [-0.4, -0.2) is 5.91 Å². The van der Waals surface area contributed by atoms with E-state index in [0.717, 1.165) is 5.56 Å². The van der Waals surface area contributed by atoms with Gasteiger partial charge in [0, 0.05) is 11.1 Å². The van der Waals surface area contributed by atoms with Crippen LogP contribution in [0.5, 0.6) is 0 Å². The van der Waals surface area contributed by atoms with Crippen LogP contribution < -0.4 is 10.7 Å². The monoisotopic (exact) mass is 407 g/mol. The molecule has 0 aliphatic heterocycles. The minimum atomic E-state index is -0.500. The first-order chi connectivity index (χ1) is 12.3. The van der Waals surface area contributed by atoms with Crippen molar-refractivity contribution >= 4 is 63.4 Å². The van der Waals surface area contributed by atoms with Crippen molar-refractivity contribution in [2.75, 3.05) is 5.32 Å². The fraction of sp³-hybridized carbons (Fsp3) is 0.0526. The number of halogens is 3. The lowest BCUT2D eigenvalue weighted by atomic mass is 10.1. The lowest BCUT2D eigenvalue weighted by Crippen LogP contribution is -2.10. The molecule has 0 aliphatic carbocycles. The maximum atomic E-state index is 12.5. The largest absolute Gasteiger partial charge is 0.463 e. The van der Waals surface area contributed by atoms with E-state index in [1.807, 2.05) is 13.0 Å². The number of carbonyl (C=O) groups is 1. The third-order valence-electron chi connectivity index (χ3n) is 3.62. The molecule has 0 unspecified atom stereocenters. The molecule has 0 saturated carbocycles. The molecule has 0 aliphatic rings. The van der Waals surface area contributed by atoms with Crippen LogP contribution in [0.4, 0.5) is 5.69 Å². The van der Waals surface area contributed by atoms with Crippen LogP contribution in [-0.2, 0) is 4.79 Å². The predicted octanol–water partition coefficient (Wildman–Crippen LogP) is 5.71. The molecule has 1 aromatic heterocycles. The summed E-state index contributed by atoms with van der Waals surface area (Å²) in [5.74, 6) is -0.500. The molecule has 1 N–H and O–H groups in total. The summed E-state index contributed by atoms with van der Waals surface area (Å²) >= 11 is 17.9. The first-order valence-corrected chi connectivity index (χ1v) is 8.64. The highest BCUT2D eigenvalue weighted by Gasteiger charge is 2.10. The number of fused-ring (bicyclic) bond motifs is 1. The van der Waals surface area contributed by atoms with Crippen molar-refractivity contribution in [2.24, 2.45) is 0 Å². The predicted molar refractivity (Wildman–Crippen MR) is 106 cm³/mol. The zero-order valence-corrected chi connectivity index (χ0v) is 15.7. The van der Waals surface area contributed by atoms with Crippen molar-refractivity contribution in [3.8, 4) is 0 Å². The number of hydrogen-bond acceptors (Lipinski definition) is 3. The highest BCUT2D eigenvalue weighted by atomic mass is 35.5. The van der Waals surface area contributed by atoms with Crippen LogP contribution in [0.1, 0.15) is 11.1 Å². The molecule has 132 valence electrons. The highest BCUT2D eigenvalue weighted by Crippen LogP contribution is 2.33. The van der Waals surface area contributed by atoms with Crippen LogP contribution in [0.25, 0.3) is 17.0 Å². The molecule has 0 radical (unpaired) electrons. The second-order valence-corrected chi connectivity index (χ2v) is 6.84. The number of amides is 1. The van der Waals surface area contributed by atoms with Gasteiger partial charge in [-0.15, -0.1) is 0 Å². The summed E-state index contributed by atoms with van der Waals surface area (Å²) in [4.78, 5) is 24.6. The molecule has 0 atom stereocenters. The number of nitrogens with one attached hydrogen (secondary N) is 1. The molecule has 0 saturated heterocycles. The van der Waals surface area contributed by atoms with Crippen LogP contribution in [0.2, 0.25) is 15.1 Å². The Morgan fingerprint density at radius 3 is 2.50 bits per heavy atom. The lowest BCUT2D eigenvalue weighted by molar-refractivity contribution is -0.111. The zero-order chi connectivity index (χ0) is 18.8. The summed E-state index contributed by atoms with van der Waals surface area (Å²) in [6, 6.07) is 8.26. The Kier molecular flexibility index (Phi) is 5.37. The molecule has 26 heavy (non-hydrogen) atoms. The van der Waals surface area contributed by atoms with Gasteiger partial charge in [0.1, 0.15) is 11.8 Å². The molecule has 3 rings (SSSR count). The van der Waals surface area contributed by atoms with Crippen LogP contribution >= 0.6 is 34.8 Å². The van der Waals surface area contributed by atoms with Crippen LogP contribution in [0.15, 0.2) is 51.9 Å². The van der Waals surface area contributed by atoms with Gasteiger partial charge >= 0.3 is 0 Å². The first-order valence-electron chi connectivity index (χ1n) is 7.51. The van der Waals surface area contributed by atoms with Gasteiger partial charge in [-0.2, -0.15) is 0 Å². The van der Waals surface area contributed by atoms with E-state index >= 15 is 0 Å². The molecule has 0 fully saturated rings. The van der Waals surface area contributed by atoms with Crippen molar-refractivity contribution < 1.29 is 9.21 Å². The first kappa shape index (κ1) is 18.5. The number of hydrogen-bond donors (Lipinski definition) is 1. The van der Waals surface area contributed by atoms with Gasteiger partial charge < -0.3 is 9.73 Å². The normalized spacial score (nSPS) is 11.2. The second kappa shape index (κ2) is 7.54. The van der Waals surface area contributed by atoms with Crippen molar-refractivity contribution in [3.05, 3.63) is 79.1 Å². The SMILES string of the molecule is Cc1ccc2occ(/C=C/C(=O)Nc3c(Cl)cc(Cl)cc3Cl)c(=O)c2c1. The van der Waals surface area contributed by atoms with Gasteiger partial charge in [-0.3, -0.25) is 9.59 Å². The van der Waals surface area contributed by atoms with Crippen molar-refractivity contribution in [3.63, 3.8) is 0 Å². The second-order valence-electron chi connectivity index (χ2n) is 5.59. The molecule has 1 heterocycles. The molecule has 0 spiro atoms. The Labute approximate surface area is 164 Å². The van der Waals surface area contributed by atoms with E-state index in [2.05, 4.69) is 5.32 Å². The molecular formula is C19H12Cl3NO3. The molecule has 3 aromatic rings. The summed E-state index contributed by atoms with van der Waals surface area (Å²) in [5.41, 5.74) is 1.71. The Bertz CT molecular complexity index is 1080. The summed E-state index contributed by atoms with van der Waals surface area (Å²) in [6.07, 6.45) is 3.89. The number of rotatable bonds is 3. The van der Waals surface area contributed by atoms with Crippen molar-refractivity contribution in [1.29, 1.82) is 0 Å². The van der Waals surface area contributed by atoms with E-state index in [0.29, 0.717) is 16.0 Å². The maximum Gasteiger partial charge on any atom is 0.248 e. The fourth-order valence-corrected chi connectivity index (χ4v) is 3.28. The Hall–Kier alpha value is -2.27. The molecule has 2 aromatic carbocycles. The van der Waals surface area contributed by atoms with Crippen molar-refractivity contribution in [1.82, 2.24) is 0 Å². The Morgan fingerprint density at radius 2 is 1.81 bits per heavy atom. The molecule has 1 amide bonds. The molecular weight excluding hydrogens is 397 g/mol. The third-order valence-corrected chi connectivity index (χ3v) is 4.44. The molecule has 7 heteroatoms. The van der Waals surface area contributed by atoms with Gasteiger partial charge in [0.2, 0.25) is 5.91 Å². The van der Waals surface area contributed by atoms with E-state index in [9.17, 15) is 9.59 Å². The van der Waals surface area contributed by atoms with Gasteiger partial charge in [-0.05, 0) is 37.3 Å².